The number of nitrogens with one attached hydrogen (secondary N) is 1. The molecular formula is C29H31F2N3O4S. The Morgan fingerprint density at radius 2 is 1.54 bits per heavy atom. The molecule has 3 aromatic carbocycles. The third-order valence-corrected chi connectivity index (χ3v) is 8.68. The van der Waals surface area contributed by atoms with Gasteiger partial charge in [0.1, 0.15) is 11.6 Å². The molecule has 1 atom stereocenters. The third kappa shape index (κ3) is 6.52. The van der Waals surface area contributed by atoms with E-state index in [9.17, 15) is 22.0 Å². The predicted molar refractivity (Wildman–Crippen MR) is 143 cm³/mol. The van der Waals surface area contributed by atoms with Crippen LogP contribution >= 0.6 is 0 Å². The first kappa shape index (κ1) is 27.4. The second-order valence-electron chi connectivity index (χ2n) is 9.85. The summed E-state index contributed by atoms with van der Waals surface area (Å²) in [6.07, 6.45) is 1.60. The maximum absolute atomic E-state index is 13.6. The number of amides is 1. The van der Waals surface area contributed by atoms with E-state index in [1.807, 2.05) is 0 Å². The van der Waals surface area contributed by atoms with Crippen molar-refractivity contribution in [2.24, 2.45) is 0 Å². The first-order valence-corrected chi connectivity index (χ1v) is 14.5. The standard InChI is InChI=1S/C29H31F2N3O4S/c30-24-10-6-21(7-11-24)28(22-8-12-25(31)13-9-22)33-14-16-34(17-15-33)29(35)23-3-1-5-27(19-23)39(36,37)32-20-26-4-2-18-38-26/h1,3,5-13,19,26,28,32H,2,4,14-18,20H2/t26-/m1/s1. The van der Waals surface area contributed by atoms with Crippen LogP contribution in [0.1, 0.15) is 40.4 Å². The number of nitrogens with zero attached hydrogens (tertiary/aromatic N) is 2. The van der Waals surface area contributed by atoms with Gasteiger partial charge in [0, 0.05) is 44.9 Å². The Labute approximate surface area is 227 Å². The van der Waals surface area contributed by atoms with Crippen molar-refractivity contribution in [2.75, 3.05) is 39.3 Å². The van der Waals surface area contributed by atoms with E-state index < -0.39 is 10.0 Å². The smallest absolute Gasteiger partial charge is 0.253 e. The fourth-order valence-corrected chi connectivity index (χ4v) is 6.27. The largest absolute Gasteiger partial charge is 0.377 e. The summed E-state index contributed by atoms with van der Waals surface area (Å²) in [5.41, 5.74) is 2.05. The van der Waals surface area contributed by atoms with Crippen LogP contribution in [-0.2, 0) is 14.8 Å². The molecule has 206 valence electrons. The molecule has 0 radical (unpaired) electrons. The molecule has 0 saturated carbocycles. The predicted octanol–water partition coefficient (Wildman–Crippen LogP) is 3.97. The van der Waals surface area contributed by atoms with Gasteiger partial charge in [-0.2, -0.15) is 0 Å². The maximum atomic E-state index is 13.6. The van der Waals surface area contributed by atoms with Gasteiger partial charge >= 0.3 is 0 Å². The van der Waals surface area contributed by atoms with Crippen LogP contribution in [-0.4, -0.2) is 69.6 Å². The summed E-state index contributed by atoms with van der Waals surface area (Å²) in [5.74, 6) is -0.914. The Hall–Kier alpha value is -3.18. The van der Waals surface area contributed by atoms with Gasteiger partial charge in [-0.1, -0.05) is 30.3 Å². The minimum atomic E-state index is -3.78. The molecule has 5 rings (SSSR count). The minimum absolute atomic E-state index is 0.0395. The van der Waals surface area contributed by atoms with E-state index in [4.69, 9.17) is 4.74 Å². The number of piperazine rings is 1. The topological polar surface area (TPSA) is 78.9 Å². The molecule has 0 bridgehead atoms. The van der Waals surface area contributed by atoms with Gasteiger partial charge in [0.2, 0.25) is 10.0 Å². The van der Waals surface area contributed by atoms with Crippen LogP contribution in [0.4, 0.5) is 8.78 Å². The minimum Gasteiger partial charge on any atom is -0.377 e. The van der Waals surface area contributed by atoms with Crippen molar-refractivity contribution in [1.29, 1.82) is 0 Å². The number of carbonyl (C=O) groups is 1. The molecule has 2 heterocycles. The second kappa shape index (κ2) is 11.9. The third-order valence-electron chi connectivity index (χ3n) is 7.25. The lowest BCUT2D eigenvalue weighted by atomic mass is 9.96. The highest BCUT2D eigenvalue weighted by Crippen LogP contribution is 2.30. The van der Waals surface area contributed by atoms with E-state index in [1.54, 1.807) is 41.3 Å². The van der Waals surface area contributed by atoms with Crippen LogP contribution in [0.15, 0.2) is 77.7 Å². The summed E-state index contributed by atoms with van der Waals surface area (Å²) < 4.78 is 60.9. The number of hydrogen-bond acceptors (Lipinski definition) is 5. The van der Waals surface area contributed by atoms with Crippen LogP contribution in [0.3, 0.4) is 0 Å². The Balaban J connectivity index is 1.27. The fourth-order valence-electron chi connectivity index (χ4n) is 5.16. The van der Waals surface area contributed by atoms with Crippen LogP contribution in [0.25, 0.3) is 0 Å². The summed E-state index contributed by atoms with van der Waals surface area (Å²) in [4.78, 5) is 17.2. The molecule has 1 amide bonds. The van der Waals surface area contributed by atoms with Crippen LogP contribution < -0.4 is 4.72 Å². The highest BCUT2D eigenvalue weighted by Gasteiger charge is 2.29. The molecule has 2 aliphatic rings. The number of rotatable bonds is 8. The van der Waals surface area contributed by atoms with E-state index in [0.29, 0.717) is 38.3 Å². The molecule has 3 aromatic rings. The molecule has 0 aliphatic carbocycles. The van der Waals surface area contributed by atoms with Crippen LogP contribution in [0, 0.1) is 11.6 Å². The van der Waals surface area contributed by atoms with Gasteiger partial charge in [-0.15, -0.1) is 0 Å². The van der Waals surface area contributed by atoms with Crippen molar-refractivity contribution in [3.63, 3.8) is 0 Å². The SMILES string of the molecule is O=C(c1cccc(S(=O)(=O)NC[C@H]2CCCO2)c1)N1CCN(C(c2ccc(F)cc2)c2ccc(F)cc2)CC1. The van der Waals surface area contributed by atoms with Crippen molar-refractivity contribution in [3.05, 3.63) is 101 Å². The molecule has 0 spiro atoms. The zero-order chi connectivity index (χ0) is 27.4. The number of hydrogen-bond donors (Lipinski definition) is 1. The normalized spacial score (nSPS) is 18.5. The second-order valence-corrected chi connectivity index (χ2v) is 11.6. The first-order valence-electron chi connectivity index (χ1n) is 13.1. The summed E-state index contributed by atoms with van der Waals surface area (Å²) in [6.45, 7) is 2.75. The molecule has 0 unspecified atom stereocenters. The molecule has 1 N–H and O–H groups in total. The number of sulfonamides is 1. The zero-order valence-corrected chi connectivity index (χ0v) is 22.2. The number of halogens is 2. The van der Waals surface area contributed by atoms with Crippen molar-refractivity contribution >= 4 is 15.9 Å². The van der Waals surface area contributed by atoms with Crippen molar-refractivity contribution in [3.8, 4) is 0 Å². The molecule has 2 fully saturated rings. The average Bonchev–Trinajstić information content (AvgIpc) is 3.48. The van der Waals surface area contributed by atoms with Gasteiger partial charge in [-0.05, 0) is 66.4 Å². The van der Waals surface area contributed by atoms with E-state index in [0.717, 1.165) is 24.0 Å². The fraction of sp³-hybridized carbons (Fsp3) is 0.345. The quantitative estimate of drug-likeness (QED) is 0.455. The Bertz CT molecular complexity index is 1340. The molecule has 2 aliphatic heterocycles. The molecule has 10 heteroatoms. The highest BCUT2D eigenvalue weighted by molar-refractivity contribution is 7.89. The lowest BCUT2D eigenvalue weighted by Gasteiger charge is -2.40. The van der Waals surface area contributed by atoms with Gasteiger partial charge in [0.25, 0.3) is 5.91 Å². The van der Waals surface area contributed by atoms with Gasteiger partial charge in [0.15, 0.2) is 0 Å². The van der Waals surface area contributed by atoms with E-state index in [2.05, 4.69) is 9.62 Å². The molecule has 2 saturated heterocycles. The zero-order valence-electron chi connectivity index (χ0n) is 21.4. The average molecular weight is 556 g/mol. The van der Waals surface area contributed by atoms with Gasteiger partial charge in [-0.25, -0.2) is 21.9 Å². The van der Waals surface area contributed by atoms with Crippen molar-refractivity contribution < 1.29 is 26.7 Å². The molecule has 7 nitrogen and oxygen atoms in total. The summed E-state index contributed by atoms with van der Waals surface area (Å²) in [5, 5.41) is 0. The Morgan fingerprint density at radius 3 is 2.10 bits per heavy atom. The monoisotopic (exact) mass is 555 g/mol. The maximum Gasteiger partial charge on any atom is 0.253 e. The summed E-state index contributed by atoms with van der Waals surface area (Å²) in [7, 11) is -3.78. The Kier molecular flexibility index (Phi) is 8.37. The van der Waals surface area contributed by atoms with Crippen molar-refractivity contribution in [1.82, 2.24) is 14.5 Å². The number of carbonyl (C=O) groups excluding carboxylic acids is 1. The molecular weight excluding hydrogens is 524 g/mol. The van der Waals surface area contributed by atoms with Gasteiger partial charge in [0.05, 0.1) is 17.0 Å². The molecule has 39 heavy (non-hydrogen) atoms. The lowest BCUT2D eigenvalue weighted by molar-refractivity contribution is 0.0597. The number of ether oxygens (including phenoxy) is 1. The summed E-state index contributed by atoms with van der Waals surface area (Å²) in [6, 6.07) is 18.4. The van der Waals surface area contributed by atoms with Gasteiger partial charge in [-0.3, -0.25) is 9.69 Å². The van der Waals surface area contributed by atoms with Gasteiger partial charge < -0.3 is 9.64 Å². The Morgan fingerprint density at radius 1 is 0.923 bits per heavy atom. The van der Waals surface area contributed by atoms with Crippen LogP contribution in [0.5, 0.6) is 0 Å². The van der Waals surface area contributed by atoms with Crippen molar-refractivity contribution in [2.45, 2.75) is 29.9 Å². The highest BCUT2D eigenvalue weighted by atomic mass is 32.2. The van der Waals surface area contributed by atoms with E-state index in [-0.39, 0.29) is 41.1 Å². The number of benzene rings is 3. The van der Waals surface area contributed by atoms with Crippen LogP contribution in [0.2, 0.25) is 0 Å². The summed E-state index contributed by atoms with van der Waals surface area (Å²) >= 11 is 0. The van der Waals surface area contributed by atoms with E-state index in [1.165, 1.54) is 36.4 Å². The first-order chi connectivity index (χ1) is 18.8. The molecule has 0 aromatic heterocycles. The lowest BCUT2D eigenvalue weighted by Crippen LogP contribution is -2.49. The van der Waals surface area contributed by atoms with E-state index >= 15 is 0 Å².